The Hall–Kier alpha value is -2.19. The minimum absolute atomic E-state index is 0.338. The van der Waals surface area contributed by atoms with Gasteiger partial charge in [0, 0.05) is 11.5 Å². The predicted molar refractivity (Wildman–Crippen MR) is 89.3 cm³/mol. The lowest BCUT2D eigenvalue weighted by atomic mass is 9.96. The van der Waals surface area contributed by atoms with E-state index < -0.39 is 0 Å². The molecule has 2 heterocycles. The van der Waals surface area contributed by atoms with Crippen molar-refractivity contribution in [3.05, 3.63) is 39.5 Å². The minimum Gasteiger partial charge on any atom is -0.216 e. The van der Waals surface area contributed by atoms with E-state index in [1.165, 1.54) is 5.56 Å². The maximum absolute atomic E-state index is 9.60. The molecule has 0 N–H and O–H groups in total. The summed E-state index contributed by atoms with van der Waals surface area (Å²) in [6.07, 6.45) is 0. The normalized spacial score (nSPS) is 11.3. The van der Waals surface area contributed by atoms with E-state index in [2.05, 4.69) is 57.9 Å². The highest BCUT2D eigenvalue weighted by Crippen LogP contribution is 2.33. The average Bonchev–Trinajstić information content (AvgIpc) is 2.94. The maximum Gasteiger partial charge on any atom is 0.214 e. The van der Waals surface area contributed by atoms with Crippen LogP contribution in [0.1, 0.15) is 47.2 Å². The molecule has 4 nitrogen and oxygen atoms in total. The molecule has 3 aromatic rings. The van der Waals surface area contributed by atoms with Crippen molar-refractivity contribution in [2.24, 2.45) is 0 Å². The summed E-state index contributed by atoms with van der Waals surface area (Å²) in [5.74, 6) is 0.338. The van der Waals surface area contributed by atoms with Crippen LogP contribution < -0.4 is 0 Å². The van der Waals surface area contributed by atoms with E-state index in [4.69, 9.17) is 4.98 Å². The average molecular weight is 310 g/mol. The quantitative estimate of drug-likeness (QED) is 0.706. The summed E-state index contributed by atoms with van der Waals surface area (Å²) in [4.78, 5) is 5.49. The molecule has 2 aromatic heterocycles. The Balaban J connectivity index is 2.29. The zero-order chi connectivity index (χ0) is 16.0. The van der Waals surface area contributed by atoms with E-state index in [0.29, 0.717) is 11.6 Å². The molecule has 5 heteroatoms. The molecular formula is C17H18N4S. The highest BCUT2D eigenvalue weighted by atomic mass is 32.1. The van der Waals surface area contributed by atoms with E-state index in [1.807, 2.05) is 0 Å². The summed E-state index contributed by atoms with van der Waals surface area (Å²) < 4.78 is 1.69. The van der Waals surface area contributed by atoms with Crippen molar-refractivity contribution in [3.8, 4) is 17.3 Å². The SMILES string of the molecule is Cc1cc(C)c(-c2nc3sc(C(C)C)nn3c2C#N)c(C)c1. The van der Waals surface area contributed by atoms with Gasteiger partial charge in [0.15, 0.2) is 5.69 Å². The molecule has 0 radical (unpaired) electrons. The van der Waals surface area contributed by atoms with Crippen LogP contribution >= 0.6 is 11.3 Å². The second kappa shape index (κ2) is 5.22. The number of imidazole rings is 1. The van der Waals surface area contributed by atoms with E-state index >= 15 is 0 Å². The van der Waals surface area contributed by atoms with Gasteiger partial charge < -0.3 is 0 Å². The molecule has 0 amide bonds. The first-order chi connectivity index (χ1) is 10.4. The van der Waals surface area contributed by atoms with Crippen molar-refractivity contribution in [2.75, 3.05) is 0 Å². The van der Waals surface area contributed by atoms with Gasteiger partial charge in [-0.1, -0.05) is 42.9 Å². The number of benzene rings is 1. The van der Waals surface area contributed by atoms with Gasteiger partial charge in [0.2, 0.25) is 4.96 Å². The van der Waals surface area contributed by atoms with Crippen LogP contribution in [0.3, 0.4) is 0 Å². The Morgan fingerprint density at radius 3 is 2.36 bits per heavy atom. The third-order valence-electron chi connectivity index (χ3n) is 3.73. The molecule has 0 saturated heterocycles. The number of aryl methyl sites for hydroxylation is 3. The molecular weight excluding hydrogens is 292 g/mol. The summed E-state index contributed by atoms with van der Waals surface area (Å²) in [5, 5.41) is 15.2. The number of nitriles is 1. The maximum atomic E-state index is 9.60. The minimum atomic E-state index is 0.338. The molecule has 1 aromatic carbocycles. The summed E-state index contributed by atoms with van der Waals surface area (Å²) in [6.45, 7) is 10.4. The molecule has 22 heavy (non-hydrogen) atoms. The first-order valence-electron chi connectivity index (χ1n) is 7.30. The summed E-state index contributed by atoms with van der Waals surface area (Å²) in [6, 6.07) is 6.54. The first-order valence-corrected chi connectivity index (χ1v) is 8.11. The molecule has 0 saturated carbocycles. The Labute approximate surface area is 134 Å². The second-order valence-corrected chi connectivity index (χ2v) is 6.97. The second-order valence-electron chi connectivity index (χ2n) is 5.98. The van der Waals surface area contributed by atoms with Crippen LogP contribution in [0.25, 0.3) is 16.2 Å². The molecule has 112 valence electrons. The van der Waals surface area contributed by atoms with Crippen molar-refractivity contribution in [1.82, 2.24) is 14.6 Å². The van der Waals surface area contributed by atoms with Crippen LogP contribution in [-0.2, 0) is 0 Å². The third-order valence-corrected chi connectivity index (χ3v) is 4.94. The fourth-order valence-corrected chi connectivity index (χ4v) is 3.73. The monoisotopic (exact) mass is 310 g/mol. The number of rotatable bonds is 2. The van der Waals surface area contributed by atoms with Crippen LogP contribution in [-0.4, -0.2) is 14.6 Å². The Morgan fingerprint density at radius 2 is 1.82 bits per heavy atom. The molecule has 0 aliphatic heterocycles. The van der Waals surface area contributed by atoms with Gasteiger partial charge in [-0.25, -0.2) is 4.98 Å². The highest BCUT2D eigenvalue weighted by molar-refractivity contribution is 7.16. The van der Waals surface area contributed by atoms with Crippen LogP contribution in [0, 0.1) is 32.1 Å². The largest absolute Gasteiger partial charge is 0.216 e. The Morgan fingerprint density at radius 1 is 1.18 bits per heavy atom. The Kier molecular flexibility index (Phi) is 3.50. The van der Waals surface area contributed by atoms with E-state index in [-0.39, 0.29) is 0 Å². The van der Waals surface area contributed by atoms with Gasteiger partial charge in [0.25, 0.3) is 0 Å². The van der Waals surface area contributed by atoms with Crippen molar-refractivity contribution in [3.63, 3.8) is 0 Å². The molecule has 0 spiro atoms. The molecule has 0 unspecified atom stereocenters. The predicted octanol–water partition coefficient (Wildman–Crippen LogP) is 4.38. The lowest BCUT2D eigenvalue weighted by molar-refractivity contribution is 0.798. The summed E-state index contributed by atoms with van der Waals surface area (Å²) in [5.41, 5.74) is 5.82. The lowest BCUT2D eigenvalue weighted by Gasteiger charge is -2.09. The van der Waals surface area contributed by atoms with Crippen LogP contribution in [0.5, 0.6) is 0 Å². The van der Waals surface area contributed by atoms with E-state index in [0.717, 1.165) is 32.4 Å². The third kappa shape index (κ3) is 2.20. The number of hydrogen-bond acceptors (Lipinski definition) is 4. The Bertz CT molecular complexity index is 886. The van der Waals surface area contributed by atoms with Crippen LogP contribution in [0.4, 0.5) is 0 Å². The number of aromatic nitrogens is 3. The number of hydrogen-bond donors (Lipinski definition) is 0. The van der Waals surface area contributed by atoms with Crippen LogP contribution in [0.15, 0.2) is 12.1 Å². The molecule has 0 aliphatic carbocycles. The standard InChI is InChI=1S/C17H18N4S/c1-9(2)16-20-21-13(8-18)15(19-17(21)22-16)14-11(4)6-10(3)7-12(14)5/h6-7,9H,1-5H3. The molecule has 3 rings (SSSR count). The molecule has 0 bridgehead atoms. The van der Waals surface area contributed by atoms with Crippen LogP contribution in [0.2, 0.25) is 0 Å². The zero-order valence-electron chi connectivity index (χ0n) is 13.4. The fourth-order valence-electron chi connectivity index (χ4n) is 2.82. The number of nitrogens with zero attached hydrogens (tertiary/aromatic N) is 4. The van der Waals surface area contributed by atoms with Crippen molar-refractivity contribution < 1.29 is 0 Å². The van der Waals surface area contributed by atoms with Gasteiger partial charge >= 0.3 is 0 Å². The van der Waals surface area contributed by atoms with Gasteiger partial charge in [-0.15, -0.1) is 0 Å². The van der Waals surface area contributed by atoms with Crippen molar-refractivity contribution in [1.29, 1.82) is 5.26 Å². The fraction of sp³-hybridized carbons (Fsp3) is 0.353. The van der Waals surface area contributed by atoms with Gasteiger partial charge in [0.05, 0.1) is 0 Å². The topological polar surface area (TPSA) is 54.0 Å². The van der Waals surface area contributed by atoms with E-state index in [1.54, 1.807) is 15.9 Å². The van der Waals surface area contributed by atoms with E-state index in [9.17, 15) is 5.26 Å². The molecule has 0 atom stereocenters. The highest BCUT2D eigenvalue weighted by Gasteiger charge is 2.21. The first kappa shape index (κ1) is 14.7. The summed E-state index contributed by atoms with van der Waals surface area (Å²) in [7, 11) is 0. The number of fused-ring (bicyclic) bond motifs is 1. The molecule has 0 fully saturated rings. The summed E-state index contributed by atoms with van der Waals surface area (Å²) >= 11 is 1.55. The van der Waals surface area contributed by atoms with Gasteiger partial charge in [-0.05, 0) is 31.9 Å². The molecule has 0 aliphatic rings. The zero-order valence-corrected chi connectivity index (χ0v) is 14.2. The lowest BCUT2D eigenvalue weighted by Crippen LogP contribution is -1.96. The van der Waals surface area contributed by atoms with Gasteiger partial charge in [-0.2, -0.15) is 14.9 Å². The van der Waals surface area contributed by atoms with Crippen molar-refractivity contribution >= 4 is 16.3 Å². The smallest absolute Gasteiger partial charge is 0.214 e. The van der Waals surface area contributed by atoms with Crippen molar-refractivity contribution in [2.45, 2.75) is 40.5 Å². The van der Waals surface area contributed by atoms with Gasteiger partial charge in [0.1, 0.15) is 16.8 Å². The van der Waals surface area contributed by atoms with Gasteiger partial charge in [-0.3, -0.25) is 0 Å².